The maximum absolute atomic E-state index is 10.6. The lowest BCUT2D eigenvalue weighted by molar-refractivity contribution is -0.119. The minimum absolute atomic E-state index is 0.191. The van der Waals surface area contributed by atoms with Gasteiger partial charge in [0.1, 0.15) is 5.75 Å². The minimum Gasteiger partial charge on any atom is -0.508 e. The number of rotatable bonds is 3. The summed E-state index contributed by atoms with van der Waals surface area (Å²) in [6.07, 6.45) is 0.398. The first-order valence-electron chi connectivity index (χ1n) is 5.92. The molecule has 4 heteroatoms. The van der Waals surface area contributed by atoms with E-state index < -0.39 is 11.9 Å². The molecule has 0 spiro atoms. The molecular formula is C13H24N2O2. The van der Waals surface area contributed by atoms with Crippen molar-refractivity contribution in [2.75, 3.05) is 0 Å². The van der Waals surface area contributed by atoms with Crippen molar-refractivity contribution >= 4 is 5.91 Å². The summed E-state index contributed by atoms with van der Waals surface area (Å²) in [5.74, 6) is -0.329. The minimum atomic E-state index is -0.662. The molecule has 1 amide bonds. The highest BCUT2D eigenvalue weighted by Gasteiger charge is 2.09. The molecule has 0 aliphatic heterocycles. The van der Waals surface area contributed by atoms with Gasteiger partial charge in [-0.15, -0.1) is 0 Å². The third-order valence-electron chi connectivity index (χ3n) is 1.76. The quantitative estimate of drug-likeness (QED) is 0.752. The first-order chi connectivity index (χ1) is 8.09. The first kappa shape index (κ1) is 17.8. The van der Waals surface area contributed by atoms with Crippen LogP contribution in [-0.2, 0) is 11.2 Å². The van der Waals surface area contributed by atoms with Gasteiger partial charge in [-0.25, -0.2) is 0 Å². The largest absolute Gasteiger partial charge is 0.508 e. The number of hydrogen-bond donors (Lipinski definition) is 3. The Morgan fingerprint density at radius 2 is 1.59 bits per heavy atom. The number of phenolic OH excluding ortho intramolecular Hbond substituents is 1. The zero-order valence-electron chi connectivity index (χ0n) is 11.1. The predicted octanol–water partition coefficient (Wildman–Crippen LogP) is 1.80. The van der Waals surface area contributed by atoms with Gasteiger partial charge in [-0.1, -0.05) is 39.8 Å². The van der Waals surface area contributed by atoms with Crippen molar-refractivity contribution in [3.8, 4) is 5.75 Å². The lowest BCUT2D eigenvalue weighted by Crippen LogP contribution is -2.38. The molecule has 17 heavy (non-hydrogen) atoms. The molecule has 0 heterocycles. The number of carbonyl (C=O) groups excluding carboxylic acids is 1. The van der Waals surface area contributed by atoms with Gasteiger partial charge in [-0.3, -0.25) is 4.79 Å². The third-order valence-corrected chi connectivity index (χ3v) is 1.76. The van der Waals surface area contributed by atoms with E-state index in [0.717, 1.165) is 5.56 Å². The highest BCUT2D eigenvalue weighted by molar-refractivity contribution is 5.79. The number of aromatic hydroxyl groups is 1. The summed E-state index contributed by atoms with van der Waals surface area (Å²) < 4.78 is 0. The normalized spacial score (nSPS) is 10.2. The number of phenols is 1. The zero-order chi connectivity index (χ0) is 13.8. The Balaban J connectivity index is 0. The molecule has 0 bridgehead atoms. The Morgan fingerprint density at radius 3 is 1.94 bits per heavy atom. The van der Waals surface area contributed by atoms with Crippen LogP contribution in [0.1, 0.15) is 33.3 Å². The van der Waals surface area contributed by atoms with Gasteiger partial charge in [-0.2, -0.15) is 0 Å². The van der Waals surface area contributed by atoms with Crippen molar-refractivity contribution in [1.29, 1.82) is 0 Å². The van der Waals surface area contributed by atoms with Crippen molar-refractivity contribution in [1.82, 2.24) is 0 Å². The summed E-state index contributed by atoms with van der Waals surface area (Å²) in [5.41, 5.74) is 11.3. The van der Waals surface area contributed by atoms with E-state index in [0.29, 0.717) is 6.42 Å². The Bertz CT molecular complexity index is 297. The fraction of sp³-hybridized carbons (Fsp3) is 0.462. The van der Waals surface area contributed by atoms with Crippen LogP contribution < -0.4 is 11.5 Å². The Labute approximate surface area is 104 Å². The summed E-state index contributed by atoms with van der Waals surface area (Å²) in [6.45, 7) is 8.00. The Morgan fingerprint density at radius 1 is 1.18 bits per heavy atom. The number of hydrogen-bond acceptors (Lipinski definition) is 3. The van der Waals surface area contributed by atoms with Gasteiger partial charge in [0.2, 0.25) is 5.91 Å². The van der Waals surface area contributed by atoms with Crippen molar-refractivity contribution in [2.24, 2.45) is 11.5 Å². The molecule has 1 aromatic carbocycles. The van der Waals surface area contributed by atoms with Crippen LogP contribution in [0.3, 0.4) is 0 Å². The second kappa shape index (κ2) is 11.0. The lowest BCUT2D eigenvalue weighted by Gasteiger charge is -2.06. The predicted molar refractivity (Wildman–Crippen MR) is 71.7 cm³/mol. The van der Waals surface area contributed by atoms with Gasteiger partial charge in [-0.05, 0) is 24.1 Å². The van der Waals surface area contributed by atoms with E-state index in [1.165, 1.54) is 0 Å². The number of benzene rings is 1. The molecule has 1 rings (SSSR count). The molecule has 0 aliphatic carbocycles. The second-order valence-corrected chi connectivity index (χ2v) is 2.88. The van der Waals surface area contributed by atoms with E-state index >= 15 is 0 Å². The summed E-state index contributed by atoms with van der Waals surface area (Å²) >= 11 is 0. The standard InChI is InChI=1S/C9H12N2O2.2C2H6/c10-8(9(11)13)5-6-1-3-7(12)4-2-6;2*1-2/h1-4,8,12H,5,10H2,(H2,11,13);2*1-2H3. The van der Waals surface area contributed by atoms with Crippen LogP contribution in [0.2, 0.25) is 0 Å². The van der Waals surface area contributed by atoms with Gasteiger partial charge in [0.15, 0.2) is 0 Å². The number of amides is 1. The van der Waals surface area contributed by atoms with Crippen LogP contribution in [0.4, 0.5) is 0 Å². The SMILES string of the molecule is CC.CC.NC(=O)C(N)Cc1ccc(O)cc1. The number of primary amides is 1. The maximum Gasteiger partial charge on any atom is 0.234 e. The molecule has 1 unspecified atom stereocenters. The van der Waals surface area contributed by atoms with Gasteiger partial charge < -0.3 is 16.6 Å². The molecule has 0 saturated heterocycles. The molecular weight excluding hydrogens is 216 g/mol. The molecule has 98 valence electrons. The van der Waals surface area contributed by atoms with Crippen molar-refractivity contribution in [3.63, 3.8) is 0 Å². The number of nitrogens with two attached hydrogens (primary N) is 2. The number of carbonyl (C=O) groups is 1. The molecule has 0 radical (unpaired) electrons. The molecule has 0 saturated carbocycles. The first-order valence-corrected chi connectivity index (χ1v) is 5.92. The van der Waals surface area contributed by atoms with Crippen LogP contribution in [0.15, 0.2) is 24.3 Å². The summed E-state index contributed by atoms with van der Waals surface area (Å²) in [7, 11) is 0. The summed E-state index contributed by atoms with van der Waals surface area (Å²) in [6, 6.07) is 5.84. The summed E-state index contributed by atoms with van der Waals surface area (Å²) in [5, 5.41) is 8.98. The van der Waals surface area contributed by atoms with Gasteiger partial charge in [0.25, 0.3) is 0 Å². The lowest BCUT2D eigenvalue weighted by atomic mass is 10.1. The van der Waals surface area contributed by atoms with E-state index in [1.807, 2.05) is 27.7 Å². The smallest absolute Gasteiger partial charge is 0.234 e. The molecule has 5 N–H and O–H groups in total. The van der Waals surface area contributed by atoms with Crippen molar-refractivity contribution in [2.45, 2.75) is 40.2 Å². The van der Waals surface area contributed by atoms with E-state index in [4.69, 9.17) is 16.6 Å². The molecule has 0 aromatic heterocycles. The summed E-state index contributed by atoms with van der Waals surface area (Å²) in [4.78, 5) is 10.6. The van der Waals surface area contributed by atoms with Crippen LogP contribution in [0, 0.1) is 0 Å². The van der Waals surface area contributed by atoms with Gasteiger partial charge in [0.05, 0.1) is 6.04 Å². The fourth-order valence-electron chi connectivity index (χ4n) is 0.987. The van der Waals surface area contributed by atoms with Crippen LogP contribution in [-0.4, -0.2) is 17.1 Å². The monoisotopic (exact) mass is 240 g/mol. The fourth-order valence-corrected chi connectivity index (χ4v) is 0.987. The average molecular weight is 240 g/mol. The van der Waals surface area contributed by atoms with E-state index in [2.05, 4.69) is 0 Å². The Hall–Kier alpha value is -1.55. The Kier molecular flexibility index (Phi) is 11.5. The molecule has 1 atom stereocenters. The highest BCUT2D eigenvalue weighted by Crippen LogP contribution is 2.10. The van der Waals surface area contributed by atoms with Gasteiger partial charge in [0, 0.05) is 0 Å². The van der Waals surface area contributed by atoms with Gasteiger partial charge >= 0.3 is 0 Å². The zero-order valence-corrected chi connectivity index (χ0v) is 11.1. The molecule has 1 aromatic rings. The molecule has 0 fully saturated rings. The van der Waals surface area contributed by atoms with Crippen LogP contribution in [0.25, 0.3) is 0 Å². The maximum atomic E-state index is 10.6. The molecule has 4 nitrogen and oxygen atoms in total. The van der Waals surface area contributed by atoms with Crippen LogP contribution >= 0.6 is 0 Å². The van der Waals surface area contributed by atoms with Crippen molar-refractivity contribution < 1.29 is 9.90 Å². The van der Waals surface area contributed by atoms with E-state index in [-0.39, 0.29) is 5.75 Å². The van der Waals surface area contributed by atoms with Crippen LogP contribution in [0.5, 0.6) is 5.75 Å². The topological polar surface area (TPSA) is 89.3 Å². The van der Waals surface area contributed by atoms with E-state index in [9.17, 15) is 4.79 Å². The third kappa shape index (κ3) is 8.28. The van der Waals surface area contributed by atoms with E-state index in [1.54, 1.807) is 24.3 Å². The highest BCUT2D eigenvalue weighted by atomic mass is 16.3. The second-order valence-electron chi connectivity index (χ2n) is 2.88. The average Bonchev–Trinajstić information content (AvgIpc) is 2.37. The van der Waals surface area contributed by atoms with Crippen molar-refractivity contribution in [3.05, 3.63) is 29.8 Å². The molecule has 0 aliphatic rings.